The number of rotatable bonds is 3. The Morgan fingerprint density at radius 2 is 1.14 bits per heavy atom. The monoisotopic (exact) mass is 536 g/mol. The molecule has 0 aliphatic heterocycles. The number of hydrogen-bond donors (Lipinski definition) is 0. The van der Waals surface area contributed by atoms with E-state index in [9.17, 15) is 0 Å². The zero-order chi connectivity index (χ0) is 27.6. The molecule has 198 valence electrons. The Morgan fingerprint density at radius 1 is 0.452 bits per heavy atom. The van der Waals surface area contributed by atoms with E-state index >= 15 is 0 Å². The maximum atomic E-state index is 2.46. The summed E-state index contributed by atoms with van der Waals surface area (Å²) in [5.41, 5.74) is 11.4. The lowest BCUT2D eigenvalue weighted by atomic mass is 9.98. The van der Waals surface area contributed by atoms with Gasteiger partial charge >= 0.3 is 0 Å². The largest absolute Gasteiger partial charge is 0.313 e. The highest BCUT2D eigenvalue weighted by Crippen LogP contribution is 2.39. The second-order valence-corrected chi connectivity index (χ2v) is 11.3. The Labute approximate surface area is 244 Å². The van der Waals surface area contributed by atoms with Gasteiger partial charge in [-0.1, -0.05) is 91.0 Å². The predicted molar refractivity (Wildman–Crippen MR) is 178 cm³/mol. The molecule has 2 heteroatoms. The van der Waals surface area contributed by atoms with Crippen LogP contribution in [0, 0.1) is 0 Å². The summed E-state index contributed by atoms with van der Waals surface area (Å²) in [5.74, 6) is 0. The highest BCUT2D eigenvalue weighted by molar-refractivity contribution is 6.11. The molecule has 8 aromatic rings. The summed E-state index contributed by atoms with van der Waals surface area (Å²) in [4.78, 5) is 0. The number of fused-ring (bicyclic) bond motifs is 7. The Morgan fingerprint density at radius 3 is 2.00 bits per heavy atom. The minimum absolute atomic E-state index is 1.06. The second kappa shape index (κ2) is 9.09. The molecule has 2 aromatic heterocycles. The van der Waals surface area contributed by atoms with Gasteiger partial charge in [0.1, 0.15) is 0 Å². The fourth-order valence-electron chi connectivity index (χ4n) is 7.02. The SMILES string of the molecule is C1=Cc2c(n(-c3ccccc3)c3ccc(-c4ccc5c(c4)c4ccccc4n5-c4ccc5ccccc5c4)cc23)CC1. The van der Waals surface area contributed by atoms with Crippen molar-refractivity contribution in [3.8, 4) is 22.5 Å². The van der Waals surface area contributed by atoms with Crippen molar-refractivity contribution in [1.29, 1.82) is 0 Å². The molecule has 6 aromatic carbocycles. The fourth-order valence-corrected chi connectivity index (χ4v) is 7.02. The molecular formula is C40H28N2. The Balaban J connectivity index is 1.24. The van der Waals surface area contributed by atoms with Crippen LogP contribution in [0.3, 0.4) is 0 Å². The summed E-state index contributed by atoms with van der Waals surface area (Å²) < 4.78 is 4.86. The summed E-state index contributed by atoms with van der Waals surface area (Å²) in [6, 6.07) is 48.9. The normalized spacial score (nSPS) is 13.0. The van der Waals surface area contributed by atoms with Crippen molar-refractivity contribution in [1.82, 2.24) is 9.13 Å². The Kier molecular flexibility index (Phi) is 5.06. The van der Waals surface area contributed by atoms with Crippen LogP contribution in [0.5, 0.6) is 0 Å². The van der Waals surface area contributed by atoms with Gasteiger partial charge in [0.2, 0.25) is 0 Å². The van der Waals surface area contributed by atoms with Gasteiger partial charge in [-0.3, -0.25) is 0 Å². The van der Waals surface area contributed by atoms with Crippen molar-refractivity contribution in [3.63, 3.8) is 0 Å². The van der Waals surface area contributed by atoms with Crippen LogP contribution in [0.1, 0.15) is 17.7 Å². The first-order valence-electron chi connectivity index (χ1n) is 14.8. The third-order valence-corrected chi connectivity index (χ3v) is 8.95. The third-order valence-electron chi connectivity index (χ3n) is 8.95. The molecular weight excluding hydrogens is 508 g/mol. The minimum atomic E-state index is 1.06. The molecule has 1 aliphatic carbocycles. The second-order valence-electron chi connectivity index (χ2n) is 11.3. The molecule has 0 fully saturated rings. The van der Waals surface area contributed by atoms with E-state index in [1.165, 1.54) is 77.2 Å². The van der Waals surface area contributed by atoms with Crippen molar-refractivity contribution in [2.45, 2.75) is 12.8 Å². The van der Waals surface area contributed by atoms with Crippen LogP contribution >= 0.6 is 0 Å². The van der Waals surface area contributed by atoms with E-state index in [0.717, 1.165) is 12.8 Å². The van der Waals surface area contributed by atoms with Gasteiger partial charge in [0.05, 0.1) is 16.6 Å². The average molecular weight is 537 g/mol. The molecule has 0 radical (unpaired) electrons. The lowest BCUT2D eigenvalue weighted by Crippen LogP contribution is -2.02. The maximum Gasteiger partial charge on any atom is 0.0541 e. The third kappa shape index (κ3) is 3.45. The first kappa shape index (κ1) is 23.4. The topological polar surface area (TPSA) is 9.86 Å². The van der Waals surface area contributed by atoms with E-state index in [1.807, 2.05) is 0 Å². The molecule has 0 saturated carbocycles. The molecule has 0 atom stereocenters. The molecule has 0 bridgehead atoms. The van der Waals surface area contributed by atoms with Crippen LogP contribution in [0.4, 0.5) is 0 Å². The molecule has 1 aliphatic rings. The molecule has 2 heterocycles. The van der Waals surface area contributed by atoms with Gasteiger partial charge in [0.15, 0.2) is 0 Å². The highest BCUT2D eigenvalue weighted by atomic mass is 15.0. The number of benzene rings is 6. The number of hydrogen-bond acceptors (Lipinski definition) is 0. The van der Waals surface area contributed by atoms with E-state index in [4.69, 9.17) is 0 Å². The molecule has 0 unspecified atom stereocenters. The van der Waals surface area contributed by atoms with Gasteiger partial charge in [-0.05, 0) is 89.3 Å². The van der Waals surface area contributed by atoms with Crippen LogP contribution in [-0.2, 0) is 6.42 Å². The fraction of sp³-hybridized carbons (Fsp3) is 0.0500. The van der Waals surface area contributed by atoms with Gasteiger partial charge in [-0.25, -0.2) is 0 Å². The number of aromatic nitrogens is 2. The van der Waals surface area contributed by atoms with E-state index in [1.54, 1.807) is 0 Å². The summed E-state index contributed by atoms with van der Waals surface area (Å²) in [6.45, 7) is 0. The number of para-hydroxylation sites is 2. The van der Waals surface area contributed by atoms with Crippen molar-refractivity contribution in [2.75, 3.05) is 0 Å². The minimum Gasteiger partial charge on any atom is -0.313 e. The van der Waals surface area contributed by atoms with Crippen LogP contribution in [0.15, 0.2) is 140 Å². The summed E-state index contributed by atoms with van der Waals surface area (Å²) in [6.07, 6.45) is 6.79. The lowest BCUT2D eigenvalue weighted by Gasteiger charge is -2.13. The first-order chi connectivity index (χ1) is 20.8. The van der Waals surface area contributed by atoms with Crippen LogP contribution in [-0.4, -0.2) is 9.13 Å². The molecule has 0 amide bonds. The summed E-state index contributed by atoms with van der Waals surface area (Å²) in [7, 11) is 0. The quantitative estimate of drug-likeness (QED) is 0.213. The van der Waals surface area contributed by atoms with Gasteiger partial charge < -0.3 is 9.13 Å². The Hall–Kier alpha value is -5.34. The number of allylic oxidation sites excluding steroid dienone is 1. The predicted octanol–water partition coefficient (Wildman–Crippen LogP) is 10.5. The summed E-state index contributed by atoms with van der Waals surface area (Å²) in [5, 5.41) is 6.39. The van der Waals surface area contributed by atoms with E-state index in [2.05, 4.69) is 155 Å². The molecule has 42 heavy (non-hydrogen) atoms. The van der Waals surface area contributed by atoms with Crippen LogP contribution < -0.4 is 0 Å². The van der Waals surface area contributed by atoms with Gasteiger partial charge in [0, 0.05) is 38.8 Å². The van der Waals surface area contributed by atoms with Crippen molar-refractivity contribution in [2.24, 2.45) is 0 Å². The summed E-state index contributed by atoms with van der Waals surface area (Å²) >= 11 is 0. The van der Waals surface area contributed by atoms with Crippen LogP contribution in [0.25, 0.3) is 72.1 Å². The Bertz CT molecular complexity index is 2350. The zero-order valence-corrected chi connectivity index (χ0v) is 23.2. The van der Waals surface area contributed by atoms with E-state index in [0.29, 0.717) is 0 Å². The van der Waals surface area contributed by atoms with Gasteiger partial charge in [0.25, 0.3) is 0 Å². The van der Waals surface area contributed by atoms with E-state index < -0.39 is 0 Å². The molecule has 0 spiro atoms. The van der Waals surface area contributed by atoms with Gasteiger partial charge in [-0.15, -0.1) is 0 Å². The molecule has 0 saturated heterocycles. The van der Waals surface area contributed by atoms with E-state index in [-0.39, 0.29) is 0 Å². The first-order valence-corrected chi connectivity index (χ1v) is 14.8. The molecule has 9 rings (SSSR count). The lowest BCUT2D eigenvalue weighted by molar-refractivity contribution is 0.888. The zero-order valence-electron chi connectivity index (χ0n) is 23.2. The van der Waals surface area contributed by atoms with Crippen molar-refractivity contribution < 1.29 is 0 Å². The smallest absolute Gasteiger partial charge is 0.0541 e. The maximum absolute atomic E-state index is 2.46. The highest BCUT2D eigenvalue weighted by Gasteiger charge is 2.19. The average Bonchev–Trinajstić information content (AvgIpc) is 3.57. The molecule has 0 N–H and O–H groups in total. The standard InChI is InChI=1S/C40H28N2/c1-2-12-31(13-3-1)41-37-16-8-6-14-33(37)35-25-29(19-22-39(35)41)30-20-23-40-36(26-30)34-15-7-9-17-38(34)42(40)32-21-18-27-10-4-5-11-28(27)24-32/h1-7,9-15,17-26H,8,16H2. The number of nitrogens with zero attached hydrogens (tertiary/aromatic N) is 2. The van der Waals surface area contributed by atoms with Crippen molar-refractivity contribution in [3.05, 3.63) is 151 Å². The van der Waals surface area contributed by atoms with Crippen molar-refractivity contribution >= 4 is 49.6 Å². The van der Waals surface area contributed by atoms with Crippen LogP contribution in [0.2, 0.25) is 0 Å². The van der Waals surface area contributed by atoms with Gasteiger partial charge in [-0.2, -0.15) is 0 Å². The molecule has 2 nitrogen and oxygen atoms in total.